The largest absolute Gasteiger partial charge is 0.389 e. The van der Waals surface area contributed by atoms with Gasteiger partial charge in [0.05, 0.1) is 10.2 Å². The fourth-order valence-corrected chi connectivity index (χ4v) is 2.73. The maximum Gasteiger partial charge on any atom is 0.210 e. The predicted octanol–water partition coefficient (Wildman–Crippen LogP) is 3.68. The van der Waals surface area contributed by atoms with Gasteiger partial charge in [0.2, 0.25) is 5.13 Å². The van der Waals surface area contributed by atoms with Crippen LogP contribution in [0.25, 0.3) is 10.2 Å². The molecule has 0 aliphatic heterocycles. The van der Waals surface area contributed by atoms with Crippen molar-refractivity contribution in [3.63, 3.8) is 0 Å². The summed E-state index contributed by atoms with van der Waals surface area (Å²) in [6, 6.07) is 15.7. The topological polar surface area (TPSA) is 51.3 Å². The van der Waals surface area contributed by atoms with Gasteiger partial charge in [0.25, 0.3) is 0 Å². The summed E-state index contributed by atoms with van der Waals surface area (Å²) in [5.41, 5.74) is 8.39. The fourth-order valence-electron chi connectivity index (χ4n) is 1.78. The SMILES string of the molecule is NC(=S)c1ccc(C=Nc2nc3ccccc3s2)cc1. The number of hydrogen-bond donors (Lipinski definition) is 1. The van der Waals surface area contributed by atoms with E-state index >= 15 is 0 Å². The van der Waals surface area contributed by atoms with Gasteiger partial charge in [-0.25, -0.2) is 9.98 Å². The summed E-state index contributed by atoms with van der Waals surface area (Å²) in [4.78, 5) is 9.26. The molecule has 0 atom stereocenters. The summed E-state index contributed by atoms with van der Waals surface area (Å²) >= 11 is 6.49. The number of nitrogens with zero attached hydrogens (tertiary/aromatic N) is 2. The number of thiazole rings is 1. The molecule has 0 spiro atoms. The van der Waals surface area contributed by atoms with E-state index in [1.807, 2.05) is 48.5 Å². The lowest BCUT2D eigenvalue weighted by molar-refractivity contribution is 1.41. The van der Waals surface area contributed by atoms with Gasteiger partial charge >= 0.3 is 0 Å². The van der Waals surface area contributed by atoms with E-state index in [9.17, 15) is 0 Å². The van der Waals surface area contributed by atoms with Crippen LogP contribution in [0.1, 0.15) is 11.1 Å². The van der Waals surface area contributed by atoms with Gasteiger partial charge in [0.1, 0.15) is 4.99 Å². The summed E-state index contributed by atoms with van der Waals surface area (Å²) in [5.74, 6) is 0. The number of benzene rings is 2. The molecule has 0 saturated heterocycles. The highest BCUT2D eigenvalue weighted by atomic mass is 32.1. The number of hydrogen-bond acceptors (Lipinski definition) is 4. The zero-order chi connectivity index (χ0) is 13.9. The number of para-hydroxylation sites is 1. The lowest BCUT2D eigenvalue weighted by Gasteiger charge is -1.97. The number of aliphatic imine (C=N–C) groups is 1. The van der Waals surface area contributed by atoms with Crippen molar-refractivity contribution in [3.8, 4) is 0 Å². The van der Waals surface area contributed by atoms with Crippen molar-refractivity contribution in [2.24, 2.45) is 10.7 Å². The van der Waals surface area contributed by atoms with Crippen molar-refractivity contribution >= 4 is 50.1 Å². The quantitative estimate of drug-likeness (QED) is 0.592. The first-order valence-electron chi connectivity index (χ1n) is 6.02. The van der Waals surface area contributed by atoms with Crippen LogP contribution in [0.4, 0.5) is 5.13 Å². The van der Waals surface area contributed by atoms with E-state index in [1.165, 1.54) is 0 Å². The molecular weight excluding hydrogens is 286 g/mol. The standard InChI is InChI=1S/C15H11N3S2/c16-14(19)11-7-5-10(6-8-11)9-17-15-18-12-3-1-2-4-13(12)20-15/h1-9H,(H2,16,19). The Balaban J connectivity index is 1.84. The molecule has 0 bridgehead atoms. The minimum absolute atomic E-state index is 0.402. The van der Waals surface area contributed by atoms with Gasteiger partial charge in [-0.15, -0.1) is 0 Å². The molecule has 1 aromatic heterocycles. The Bertz CT molecular complexity index is 755. The highest BCUT2D eigenvalue weighted by Crippen LogP contribution is 2.27. The van der Waals surface area contributed by atoms with E-state index in [-0.39, 0.29) is 0 Å². The highest BCUT2D eigenvalue weighted by Gasteiger charge is 2.00. The molecule has 98 valence electrons. The van der Waals surface area contributed by atoms with Gasteiger partial charge in [0, 0.05) is 11.8 Å². The molecular formula is C15H11N3S2. The molecule has 3 nitrogen and oxygen atoms in total. The average Bonchev–Trinajstić information content (AvgIpc) is 2.88. The number of rotatable bonds is 3. The molecule has 1 heterocycles. The van der Waals surface area contributed by atoms with Crippen molar-refractivity contribution in [2.45, 2.75) is 0 Å². The Morgan fingerprint density at radius 2 is 1.90 bits per heavy atom. The third-order valence-corrected chi connectivity index (χ3v) is 3.98. The molecule has 0 radical (unpaired) electrons. The van der Waals surface area contributed by atoms with Gasteiger partial charge in [-0.05, 0) is 17.7 Å². The third kappa shape index (κ3) is 2.74. The van der Waals surface area contributed by atoms with Gasteiger partial charge in [-0.1, -0.05) is 60.0 Å². The molecule has 5 heteroatoms. The molecule has 0 amide bonds. The lowest BCUT2D eigenvalue weighted by atomic mass is 10.1. The van der Waals surface area contributed by atoms with E-state index in [4.69, 9.17) is 18.0 Å². The van der Waals surface area contributed by atoms with E-state index in [2.05, 4.69) is 9.98 Å². The van der Waals surface area contributed by atoms with Gasteiger partial charge in [-0.2, -0.15) is 0 Å². The van der Waals surface area contributed by atoms with Crippen LogP contribution >= 0.6 is 23.6 Å². The van der Waals surface area contributed by atoms with Crippen molar-refractivity contribution < 1.29 is 0 Å². The van der Waals surface area contributed by atoms with E-state index in [0.717, 1.165) is 26.5 Å². The highest BCUT2D eigenvalue weighted by molar-refractivity contribution is 7.80. The van der Waals surface area contributed by atoms with Gasteiger partial charge < -0.3 is 5.73 Å². The summed E-state index contributed by atoms with van der Waals surface area (Å²) in [7, 11) is 0. The minimum atomic E-state index is 0.402. The Labute approximate surface area is 125 Å². The molecule has 20 heavy (non-hydrogen) atoms. The first kappa shape index (κ1) is 12.9. The molecule has 0 unspecified atom stereocenters. The second-order valence-electron chi connectivity index (χ2n) is 4.21. The molecule has 2 aromatic carbocycles. The van der Waals surface area contributed by atoms with Crippen LogP contribution in [-0.4, -0.2) is 16.2 Å². The van der Waals surface area contributed by atoms with Crippen LogP contribution in [-0.2, 0) is 0 Å². The molecule has 3 aromatic rings. The van der Waals surface area contributed by atoms with Crippen LogP contribution in [0.3, 0.4) is 0 Å². The first-order chi connectivity index (χ1) is 9.72. The second kappa shape index (κ2) is 5.48. The number of thiocarbonyl (C=S) groups is 1. The molecule has 0 fully saturated rings. The third-order valence-electron chi connectivity index (χ3n) is 2.80. The summed E-state index contributed by atoms with van der Waals surface area (Å²) < 4.78 is 1.14. The van der Waals surface area contributed by atoms with Crippen molar-refractivity contribution in [1.29, 1.82) is 0 Å². The normalized spacial score (nSPS) is 11.2. The molecule has 2 N–H and O–H groups in total. The van der Waals surface area contributed by atoms with Crippen molar-refractivity contribution in [2.75, 3.05) is 0 Å². The van der Waals surface area contributed by atoms with Crippen LogP contribution in [0.5, 0.6) is 0 Å². The summed E-state index contributed by atoms with van der Waals surface area (Å²) in [6.45, 7) is 0. The maximum atomic E-state index is 5.56. The monoisotopic (exact) mass is 297 g/mol. The van der Waals surface area contributed by atoms with Crippen molar-refractivity contribution in [3.05, 3.63) is 59.7 Å². The zero-order valence-corrected chi connectivity index (χ0v) is 12.1. The Hall–Kier alpha value is -2.11. The second-order valence-corrected chi connectivity index (χ2v) is 5.66. The van der Waals surface area contributed by atoms with E-state index < -0.39 is 0 Å². The number of fused-ring (bicyclic) bond motifs is 1. The number of nitrogens with two attached hydrogens (primary N) is 1. The summed E-state index contributed by atoms with van der Waals surface area (Å²) in [6.07, 6.45) is 1.79. The predicted molar refractivity (Wildman–Crippen MR) is 89.2 cm³/mol. The molecule has 0 aliphatic rings. The van der Waals surface area contributed by atoms with Gasteiger partial charge in [-0.3, -0.25) is 0 Å². The Kier molecular flexibility index (Phi) is 3.54. The summed E-state index contributed by atoms with van der Waals surface area (Å²) in [5, 5.41) is 0.754. The Morgan fingerprint density at radius 1 is 1.15 bits per heavy atom. The lowest BCUT2D eigenvalue weighted by Crippen LogP contribution is -2.08. The van der Waals surface area contributed by atoms with Gasteiger partial charge in [0.15, 0.2) is 0 Å². The Morgan fingerprint density at radius 3 is 2.60 bits per heavy atom. The van der Waals surface area contributed by atoms with Crippen LogP contribution in [0, 0.1) is 0 Å². The number of aromatic nitrogens is 1. The molecule has 0 saturated carbocycles. The minimum Gasteiger partial charge on any atom is -0.389 e. The maximum absolute atomic E-state index is 5.56. The molecule has 0 aliphatic carbocycles. The zero-order valence-electron chi connectivity index (χ0n) is 10.5. The van der Waals surface area contributed by atoms with Crippen molar-refractivity contribution in [1.82, 2.24) is 4.98 Å². The first-order valence-corrected chi connectivity index (χ1v) is 7.24. The average molecular weight is 297 g/mol. The van der Waals surface area contributed by atoms with Crippen LogP contribution in [0.2, 0.25) is 0 Å². The smallest absolute Gasteiger partial charge is 0.210 e. The fraction of sp³-hybridized carbons (Fsp3) is 0. The van der Waals surface area contributed by atoms with Crippen LogP contribution in [0.15, 0.2) is 53.5 Å². The van der Waals surface area contributed by atoms with E-state index in [1.54, 1.807) is 17.6 Å². The van der Waals surface area contributed by atoms with Crippen LogP contribution < -0.4 is 5.73 Å². The molecule has 3 rings (SSSR count). The van der Waals surface area contributed by atoms with E-state index in [0.29, 0.717) is 4.99 Å².